The first kappa shape index (κ1) is 20.1. The summed E-state index contributed by atoms with van der Waals surface area (Å²) >= 11 is 8.00. The summed E-state index contributed by atoms with van der Waals surface area (Å²) in [7, 11) is -5.57. The molecule has 0 fully saturated rings. The largest absolute Gasteiger partial charge is 0.399 e. The van der Waals surface area contributed by atoms with E-state index in [1.54, 1.807) is 11.8 Å². The van der Waals surface area contributed by atoms with Gasteiger partial charge in [0.2, 0.25) is 0 Å². The molecule has 24 heavy (non-hydrogen) atoms. The number of hydrogen-bond donors (Lipinski definition) is 2. The molecule has 2 aromatic rings. The quantitative estimate of drug-likeness (QED) is 0.486. The third-order valence-corrected chi connectivity index (χ3v) is 6.35. The SMILES string of the molecule is O=P(O)(O)C(F)(F)c1ccc(CSCc2cccc(Br)c2)cc1Br. The van der Waals surface area contributed by atoms with E-state index < -0.39 is 18.8 Å². The Bertz CT molecular complexity index is 783. The smallest absolute Gasteiger partial charge is 0.320 e. The van der Waals surface area contributed by atoms with Crippen molar-refractivity contribution in [3.05, 3.63) is 68.1 Å². The molecule has 0 unspecified atom stereocenters. The fraction of sp³-hybridized carbons (Fsp3) is 0.200. The summed E-state index contributed by atoms with van der Waals surface area (Å²) in [6, 6.07) is 11.9. The average Bonchev–Trinajstić information content (AvgIpc) is 2.46. The zero-order valence-corrected chi connectivity index (χ0v) is 17.0. The molecular formula is C15H13Br2F2O3PS. The molecule has 130 valence electrons. The highest BCUT2D eigenvalue weighted by Crippen LogP contribution is 2.60. The summed E-state index contributed by atoms with van der Waals surface area (Å²) in [4.78, 5) is 17.6. The highest BCUT2D eigenvalue weighted by atomic mass is 79.9. The van der Waals surface area contributed by atoms with Crippen molar-refractivity contribution in [2.75, 3.05) is 0 Å². The van der Waals surface area contributed by atoms with Crippen LogP contribution >= 0.6 is 51.2 Å². The van der Waals surface area contributed by atoms with Crippen LogP contribution in [0.25, 0.3) is 0 Å². The predicted octanol–water partition coefficient (Wildman–Crippen LogP) is 5.87. The first-order valence-electron chi connectivity index (χ1n) is 6.66. The van der Waals surface area contributed by atoms with E-state index in [-0.39, 0.29) is 4.47 Å². The lowest BCUT2D eigenvalue weighted by Gasteiger charge is -2.19. The summed E-state index contributed by atoms with van der Waals surface area (Å²) in [5.74, 6) is 1.35. The standard InChI is InChI=1S/C15H13Br2F2O3PS/c16-12-3-1-2-10(6-12)8-24-9-11-4-5-13(14(17)7-11)15(18,19)23(20,21)22/h1-7H,8-9H2,(H2,20,21,22). The minimum Gasteiger partial charge on any atom is -0.320 e. The van der Waals surface area contributed by atoms with Crippen LogP contribution in [0.2, 0.25) is 0 Å². The average molecular weight is 502 g/mol. The Hall–Kier alpha value is -0.240. The second-order valence-corrected chi connectivity index (χ2v) is 9.43. The molecule has 0 spiro atoms. The number of thioether (sulfide) groups is 1. The van der Waals surface area contributed by atoms with Crippen molar-refractivity contribution in [2.24, 2.45) is 0 Å². The molecule has 2 aromatic carbocycles. The summed E-state index contributed by atoms with van der Waals surface area (Å²) in [5.41, 5.74) is -3.00. The molecular weight excluding hydrogens is 489 g/mol. The van der Waals surface area contributed by atoms with Crippen LogP contribution in [0.3, 0.4) is 0 Å². The molecule has 0 amide bonds. The monoisotopic (exact) mass is 500 g/mol. The molecule has 0 atom stereocenters. The van der Waals surface area contributed by atoms with E-state index in [4.69, 9.17) is 9.79 Å². The predicted molar refractivity (Wildman–Crippen MR) is 99.2 cm³/mol. The van der Waals surface area contributed by atoms with Crippen LogP contribution in [-0.4, -0.2) is 9.79 Å². The Morgan fingerprint density at radius 1 is 1.04 bits per heavy atom. The van der Waals surface area contributed by atoms with Crippen molar-refractivity contribution < 1.29 is 23.1 Å². The number of rotatable bonds is 6. The molecule has 0 saturated heterocycles. The number of benzene rings is 2. The van der Waals surface area contributed by atoms with Crippen molar-refractivity contribution in [1.82, 2.24) is 0 Å². The highest BCUT2D eigenvalue weighted by molar-refractivity contribution is 9.10. The van der Waals surface area contributed by atoms with Crippen LogP contribution in [0.4, 0.5) is 8.78 Å². The lowest BCUT2D eigenvalue weighted by atomic mass is 10.1. The van der Waals surface area contributed by atoms with E-state index in [1.807, 2.05) is 24.3 Å². The van der Waals surface area contributed by atoms with Crippen LogP contribution in [0, 0.1) is 0 Å². The topological polar surface area (TPSA) is 57.5 Å². The van der Waals surface area contributed by atoms with Gasteiger partial charge in [-0.15, -0.1) is 0 Å². The van der Waals surface area contributed by atoms with Crippen LogP contribution < -0.4 is 0 Å². The first-order chi connectivity index (χ1) is 11.1. The normalized spacial score (nSPS) is 12.4. The van der Waals surface area contributed by atoms with Gasteiger partial charge in [0.15, 0.2) is 0 Å². The van der Waals surface area contributed by atoms with Gasteiger partial charge in [0.05, 0.1) is 0 Å². The van der Waals surface area contributed by atoms with Gasteiger partial charge in [0, 0.05) is 26.0 Å². The minimum absolute atomic E-state index is 0.0172. The maximum absolute atomic E-state index is 13.8. The molecule has 0 bridgehead atoms. The minimum atomic E-state index is -5.57. The maximum atomic E-state index is 13.8. The zero-order valence-electron chi connectivity index (χ0n) is 12.1. The Labute approximate surface area is 159 Å². The second kappa shape index (κ2) is 7.98. The molecule has 0 saturated carbocycles. The van der Waals surface area contributed by atoms with Crippen LogP contribution in [0.15, 0.2) is 51.4 Å². The van der Waals surface area contributed by atoms with E-state index in [0.29, 0.717) is 5.75 Å². The van der Waals surface area contributed by atoms with Gasteiger partial charge < -0.3 is 9.79 Å². The van der Waals surface area contributed by atoms with Crippen LogP contribution in [0.1, 0.15) is 16.7 Å². The van der Waals surface area contributed by atoms with Crippen molar-refractivity contribution in [1.29, 1.82) is 0 Å². The lowest BCUT2D eigenvalue weighted by Crippen LogP contribution is -2.14. The third-order valence-electron chi connectivity index (χ3n) is 3.15. The van der Waals surface area contributed by atoms with Gasteiger partial charge in [-0.3, -0.25) is 4.57 Å². The van der Waals surface area contributed by atoms with Crippen molar-refractivity contribution >= 4 is 51.2 Å². The molecule has 2 rings (SSSR count). The van der Waals surface area contributed by atoms with Crippen molar-refractivity contribution in [3.63, 3.8) is 0 Å². The van der Waals surface area contributed by atoms with E-state index in [0.717, 1.165) is 27.4 Å². The fourth-order valence-electron chi connectivity index (χ4n) is 1.96. The Morgan fingerprint density at radius 2 is 1.67 bits per heavy atom. The van der Waals surface area contributed by atoms with Gasteiger partial charge in [-0.05, 0) is 29.3 Å². The Balaban J connectivity index is 2.06. The van der Waals surface area contributed by atoms with E-state index in [1.165, 1.54) is 12.1 Å². The fourth-order valence-corrected chi connectivity index (χ4v) is 4.68. The van der Waals surface area contributed by atoms with Crippen molar-refractivity contribution in [2.45, 2.75) is 17.2 Å². The van der Waals surface area contributed by atoms with Gasteiger partial charge in [-0.1, -0.05) is 56.1 Å². The summed E-state index contributed by atoms with van der Waals surface area (Å²) < 4.78 is 39.5. The molecule has 2 N–H and O–H groups in total. The van der Waals surface area contributed by atoms with Gasteiger partial charge >= 0.3 is 13.3 Å². The molecule has 9 heteroatoms. The van der Waals surface area contributed by atoms with Crippen LogP contribution in [0.5, 0.6) is 0 Å². The molecule has 0 aliphatic carbocycles. The first-order valence-corrected chi connectivity index (χ1v) is 11.0. The third kappa shape index (κ3) is 4.90. The molecule has 0 aliphatic rings. The van der Waals surface area contributed by atoms with Gasteiger partial charge in [-0.2, -0.15) is 20.5 Å². The molecule has 3 nitrogen and oxygen atoms in total. The second-order valence-electron chi connectivity index (χ2n) is 5.02. The summed E-state index contributed by atoms with van der Waals surface area (Å²) in [6.45, 7) is 0. The number of halogens is 4. The molecule has 0 aliphatic heterocycles. The Morgan fingerprint density at radius 3 is 2.21 bits per heavy atom. The lowest BCUT2D eigenvalue weighted by molar-refractivity contribution is 0.0557. The van der Waals surface area contributed by atoms with E-state index in [9.17, 15) is 13.3 Å². The van der Waals surface area contributed by atoms with Crippen molar-refractivity contribution in [3.8, 4) is 0 Å². The molecule has 0 aromatic heterocycles. The van der Waals surface area contributed by atoms with Gasteiger partial charge in [0.1, 0.15) is 0 Å². The number of hydrogen-bond acceptors (Lipinski definition) is 2. The van der Waals surface area contributed by atoms with E-state index in [2.05, 4.69) is 31.9 Å². The summed E-state index contributed by atoms with van der Waals surface area (Å²) in [6.07, 6.45) is 0. The summed E-state index contributed by atoms with van der Waals surface area (Å²) in [5, 5.41) is 0. The van der Waals surface area contributed by atoms with Gasteiger partial charge in [-0.25, -0.2) is 0 Å². The zero-order chi connectivity index (χ0) is 18.0. The Kier molecular flexibility index (Phi) is 6.67. The van der Waals surface area contributed by atoms with Crippen LogP contribution in [-0.2, 0) is 21.7 Å². The van der Waals surface area contributed by atoms with E-state index >= 15 is 0 Å². The maximum Gasteiger partial charge on any atom is 0.399 e. The molecule has 0 heterocycles. The molecule has 0 radical (unpaired) electrons. The van der Waals surface area contributed by atoms with Gasteiger partial charge in [0.25, 0.3) is 0 Å². The number of alkyl halides is 2. The highest BCUT2D eigenvalue weighted by Gasteiger charge is 2.51.